The van der Waals surface area contributed by atoms with Crippen molar-refractivity contribution in [1.82, 2.24) is 10.2 Å². The summed E-state index contributed by atoms with van der Waals surface area (Å²) in [6.45, 7) is 3.70. The molecule has 0 radical (unpaired) electrons. The highest BCUT2D eigenvalue weighted by Crippen LogP contribution is 2.26. The first-order valence-corrected chi connectivity index (χ1v) is 5.96. The van der Waals surface area contributed by atoms with Crippen LogP contribution in [0, 0.1) is 13.8 Å². The summed E-state index contributed by atoms with van der Waals surface area (Å²) in [5.74, 6) is 0.413. The lowest BCUT2D eigenvalue weighted by atomic mass is 10.3. The van der Waals surface area contributed by atoms with Crippen molar-refractivity contribution in [3.05, 3.63) is 27.7 Å². The van der Waals surface area contributed by atoms with E-state index in [9.17, 15) is 4.79 Å². The van der Waals surface area contributed by atoms with E-state index in [1.165, 1.54) is 11.3 Å². The van der Waals surface area contributed by atoms with Crippen LogP contribution >= 0.6 is 11.3 Å². The normalized spacial score (nSPS) is 10.3. The molecule has 0 bridgehead atoms. The fraction of sp³-hybridized carbons (Fsp3) is 0.273. The highest BCUT2D eigenvalue weighted by atomic mass is 32.1. The van der Waals surface area contributed by atoms with Crippen LogP contribution in [-0.2, 0) is 0 Å². The van der Waals surface area contributed by atoms with Crippen molar-refractivity contribution in [3.63, 3.8) is 0 Å². The number of H-pyrrole nitrogens is 1. The van der Waals surface area contributed by atoms with Crippen molar-refractivity contribution >= 4 is 22.9 Å². The number of carbonyl (C=O) groups excluding carboxylic acids is 1. The lowest BCUT2D eigenvalue weighted by Gasteiger charge is -2.05. The number of aryl methyl sites for hydroxylation is 2. The largest absolute Gasteiger partial charge is 0.495 e. The standard InChI is InChI=1S/C11H13N3O2S/c1-6-9(7(2)14-13-6)12-11(15)10-8(16-3)4-5-17-10/h4-5H,1-3H3,(H,12,15)(H,13,14). The number of hydrogen-bond donors (Lipinski definition) is 2. The van der Waals surface area contributed by atoms with E-state index in [4.69, 9.17) is 4.74 Å². The fourth-order valence-corrected chi connectivity index (χ4v) is 2.28. The van der Waals surface area contributed by atoms with Crippen LogP contribution in [0.15, 0.2) is 11.4 Å². The van der Waals surface area contributed by atoms with Gasteiger partial charge in [0, 0.05) is 0 Å². The Kier molecular flexibility index (Phi) is 3.14. The maximum Gasteiger partial charge on any atom is 0.269 e. The van der Waals surface area contributed by atoms with Crippen LogP contribution in [0.5, 0.6) is 5.75 Å². The first-order chi connectivity index (χ1) is 8.13. The Hall–Kier alpha value is -1.82. The molecule has 2 aromatic heterocycles. The summed E-state index contributed by atoms with van der Waals surface area (Å²) in [7, 11) is 1.55. The van der Waals surface area contributed by atoms with E-state index in [2.05, 4.69) is 15.5 Å². The number of hydrogen-bond acceptors (Lipinski definition) is 4. The summed E-state index contributed by atoms with van der Waals surface area (Å²) < 4.78 is 5.11. The zero-order valence-electron chi connectivity index (χ0n) is 9.83. The van der Waals surface area contributed by atoms with Crippen LogP contribution in [0.4, 0.5) is 5.69 Å². The molecule has 5 nitrogen and oxygen atoms in total. The molecule has 0 fully saturated rings. The number of methoxy groups -OCH3 is 1. The lowest BCUT2D eigenvalue weighted by Crippen LogP contribution is -2.12. The number of amides is 1. The topological polar surface area (TPSA) is 67.0 Å². The van der Waals surface area contributed by atoms with Crippen LogP contribution in [0.2, 0.25) is 0 Å². The molecular formula is C11H13N3O2S. The third-order valence-corrected chi connectivity index (χ3v) is 3.32. The third kappa shape index (κ3) is 2.16. The summed E-state index contributed by atoms with van der Waals surface area (Å²) in [4.78, 5) is 12.6. The van der Waals surface area contributed by atoms with Crippen LogP contribution in [0.3, 0.4) is 0 Å². The Labute approximate surface area is 103 Å². The molecule has 90 valence electrons. The van der Waals surface area contributed by atoms with Gasteiger partial charge in [-0.1, -0.05) is 0 Å². The van der Waals surface area contributed by atoms with Crippen molar-refractivity contribution in [1.29, 1.82) is 0 Å². The van der Waals surface area contributed by atoms with Crippen LogP contribution in [0.1, 0.15) is 21.1 Å². The summed E-state index contributed by atoms with van der Waals surface area (Å²) in [5.41, 5.74) is 2.34. The molecule has 0 aromatic carbocycles. The Balaban J connectivity index is 2.23. The Morgan fingerprint density at radius 1 is 1.53 bits per heavy atom. The summed E-state index contributed by atoms with van der Waals surface area (Å²) >= 11 is 1.35. The van der Waals surface area contributed by atoms with Gasteiger partial charge in [-0.05, 0) is 25.3 Å². The molecule has 0 atom stereocenters. The second-order valence-electron chi connectivity index (χ2n) is 3.58. The van der Waals surface area contributed by atoms with Crippen LogP contribution in [-0.4, -0.2) is 23.2 Å². The molecule has 0 aliphatic heterocycles. The number of nitrogens with one attached hydrogen (secondary N) is 2. The molecule has 0 spiro atoms. The molecule has 0 saturated carbocycles. The maximum atomic E-state index is 12.0. The number of aromatic amines is 1. The molecule has 17 heavy (non-hydrogen) atoms. The van der Waals surface area contributed by atoms with Gasteiger partial charge >= 0.3 is 0 Å². The van der Waals surface area contributed by atoms with Gasteiger partial charge in [-0.15, -0.1) is 11.3 Å². The van der Waals surface area contributed by atoms with Gasteiger partial charge in [0.1, 0.15) is 10.6 Å². The minimum absolute atomic E-state index is 0.176. The van der Waals surface area contributed by atoms with Crippen molar-refractivity contribution < 1.29 is 9.53 Å². The van der Waals surface area contributed by atoms with Crippen molar-refractivity contribution in [3.8, 4) is 5.75 Å². The van der Waals surface area contributed by atoms with Crippen molar-refractivity contribution in [2.75, 3.05) is 12.4 Å². The minimum Gasteiger partial charge on any atom is -0.495 e. The first kappa shape index (κ1) is 11.7. The maximum absolute atomic E-state index is 12.0. The molecule has 0 saturated heterocycles. The van der Waals surface area contributed by atoms with Gasteiger partial charge in [-0.25, -0.2) is 0 Å². The van der Waals surface area contributed by atoms with E-state index < -0.39 is 0 Å². The summed E-state index contributed by atoms with van der Waals surface area (Å²) in [6.07, 6.45) is 0. The predicted octanol–water partition coefficient (Wildman–Crippen LogP) is 2.35. The zero-order valence-corrected chi connectivity index (χ0v) is 10.6. The predicted molar refractivity (Wildman–Crippen MR) is 66.9 cm³/mol. The van der Waals surface area contributed by atoms with Gasteiger partial charge in [0.2, 0.25) is 0 Å². The number of carbonyl (C=O) groups is 1. The van der Waals surface area contributed by atoms with Gasteiger partial charge in [0.15, 0.2) is 0 Å². The molecule has 2 rings (SSSR count). The van der Waals surface area contributed by atoms with Crippen molar-refractivity contribution in [2.45, 2.75) is 13.8 Å². The average molecular weight is 251 g/mol. The second-order valence-corrected chi connectivity index (χ2v) is 4.50. The lowest BCUT2D eigenvalue weighted by molar-refractivity contribution is 0.102. The number of nitrogens with zero attached hydrogens (tertiary/aromatic N) is 1. The van der Waals surface area contributed by atoms with Gasteiger partial charge in [0.25, 0.3) is 5.91 Å². The number of anilines is 1. The molecule has 0 aliphatic rings. The Bertz CT molecular complexity index is 525. The molecule has 6 heteroatoms. The van der Waals surface area contributed by atoms with E-state index in [1.807, 2.05) is 19.2 Å². The Morgan fingerprint density at radius 3 is 2.88 bits per heavy atom. The quantitative estimate of drug-likeness (QED) is 0.880. The number of thiophene rings is 1. The monoisotopic (exact) mass is 251 g/mol. The summed E-state index contributed by atoms with van der Waals surface area (Å²) in [5, 5.41) is 11.5. The van der Waals surface area contributed by atoms with Crippen LogP contribution in [0.25, 0.3) is 0 Å². The number of ether oxygens (including phenoxy) is 1. The van der Waals surface area contributed by atoms with Gasteiger partial charge in [0.05, 0.1) is 24.2 Å². The molecule has 1 amide bonds. The van der Waals surface area contributed by atoms with E-state index in [0.717, 1.165) is 17.1 Å². The molecular weight excluding hydrogens is 238 g/mol. The molecule has 2 N–H and O–H groups in total. The number of rotatable bonds is 3. The van der Waals surface area contributed by atoms with E-state index in [-0.39, 0.29) is 5.91 Å². The molecule has 2 aromatic rings. The van der Waals surface area contributed by atoms with Gasteiger partial charge in [-0.3, -0.25) is 9.89 Å². The fourth-order valence-electron chi connectivity index (χ4n) is 1.53. The zero-order chi connectivity index (χ0) is 12.4. The summed E-state index contributed by atoms with van der Waals surface area (Å²) in [6, 6.07) is 1.77. The van der Waals surface area contributed by atoms with Crippen molar-refractivity contribution in [2.24, 2.45) is 0 Å². The smallest absolute Gasteiger partial charge is 0.269 e. The first-order valence-electron chi connectivity index (χ1n) is 5.08. The van der Waals surface area contributed by atoms with Crippen LogP contribution < -0.4 is 10.1 Å². The molecule has 2 heterocycles. The van der Waals surface area contributed by atoms with E-state index in [1.54, 1.807) is 13.2 Å². The SMILES string of the molecule is COc1ccsc1C(=O)Nc1c(C)n[nH]c1C. The highest BCUT2D eigenvalue weighted by molar-refractivity contribution is 7.12. The van der Waals surface area contributed by atoms with Gasteiger partial charge in [-0.2, -0.15) is 5.10 Å². The second kappa shape index (κ2) is 4.58. The molecule has 0 unspecified atom stereocenters. The average Bonchev–Trinajstić information content (AvgIpc) is 2.90. The van der Waals surface area contributed by atoms with E-state index >= 15 is 0 Å². The minimum atomic E-state index is -0.176. The Morgan fingerprint density at radius 2 is 2.29 bits per heavy atom. The highest BCUT2D eigenvalue weighted by Gasteiger charge is 2.16. The van der Waals surface area contributed by atoms with E-state index in [0.29, 0.717) is 10.6 Å². The third-order valence-electron chi connectivity index (χ3n) is 2.42. The number of aromatic nitrogens is 2. The molecule has 0 aliphatic carbocycles. The van der Waals surface area contributed by atoms with Gasteiger partial charge < -0.3 is 10.1 Å².